The van der Waals surface area contributed by atoms with Gasteiger partial charge in [-0.25, -0.2) is 4.98 Å². The second-order valence-electron chi connectivity index (χ2n) is 9.48. The largest absolute Gasteiger partial charge is 0.493 e. The molecule has 38 heavy (non-hydrogen) atoms. The normalized spacial score (nSPS) is 14.2. The van der Waals surface area contributed by atoms with Crippen molar-refractivity contribution in [2.45, 2.75) is 12.8 Å². The van der Waals surface area contributed by atoms with Crippen LogP contribution in [0.3, 0.4) is 0 Å². The van der Waals surface area contributed by atoms with Crippen LogP contribution in [0.1, 0.15) is 22.3 Å². The number of likely N-dealkylation sites (N-methyl/N-ethyl adjacent to an activating group) is 1. The van der Waals surface area contributed by atoms with Gasteiger partial charge in [0.1, 0.15) is 0 Å². The van der Waals surface area contributed by atoms with Crippen LogP contribution >= 0.6 is 0 Å². The second kappa shape index (κ2) is 13.8. The van der Waals surface area contributed by atoms with Crippen molar-refractivity contribution in [2.24, 2.45) is 0 Å². The van der Waals surface area contributed by atoms with Crippen molar-refractivity contribution in [2.75, 3.05) is 67.1 Å². The van der Waals surface area contributed by atoms with Crippen LogP contribution in [-0.4, -0.2) is 87.8 Å². The van der Waals surface area contributed by atoms with Gasteiger partial charge in [-0.3, -0.25) is 4.79 Å². The summed E-state index contributed by atoms with van der Waals surface area (Å²) in [4.78, 5) is 22.2. The fourth-order valence-electron chi connectivity index (χ4n) is 4.46. The first-order valence-corrected chi connectivity index (χ1v) is 13.2. The number of aromatic nitrogens is 1. The van der Waals surface area contributed by atoms with Crippen molar-refractivity contribution in [3.63, 3.8) is 0 Å². The number of pyridine rings is 1. The highest BCUT2D eigenvalue weighted by molar-refractivity contribution is 5.95. The van der Waals surface area contributed by atoms with Crippen molar-refractivity contribution >= 4 is 5.91 Å². The Labute approximate surface area is 225 Å². The number of benzene rings is 2. The lowest BCUT2D eigenvalue weighted by atomic mass is 10.1. The van der Waals surface area contributed by atoms with E-state index in [0.29, 0.717) is 42.5 Å². The highest BCUT2D eigenvalue weighted by Crippen LogP contribution is 2.28. The van der Waals surface area contributed by atoms with Gasteiger partial charge in [0.2, 0.25) is 5.88 Å². The summed E-state index contributed by atoms with van der Waals surface area (Å²) in [5, 5.41) is 3.06. The molecule has 0 spiro atoms. The molecule has 0 saturated carbocycles. The monoisotopic (exact) mass is 518 g/mol. The second-order valence-corrected chi connectivity index (χ2v) is 9.48. The molecule has 8 nitrogen and oxygen atoms in total. The molecule has 1 aliphatic rings. The third-order valence-corrected chi connectivity index (χ3v) is 6.77. The van der Waals surface area contributed by atoms with E-state index < -0.39 is 0 Å². The molecule has 2 aromatic carbocycles. The number of piperazine rings is 1. The molecule has 0 unspecified atom stereocenters. The summed E-state index contributed by atoms with van der Waals surface area (Å²) in [5.41, 5.74) is 3.35. The molecular formula is C30H38N4O4. The third kappa shape index (κ3) is 7.69. The van der Waals surface area contributed by atoms with Crippen LogP contribution < -0.4 is 19.5 Å². The van der Waals surface area contributed by atoms with Gasteiger partial charge in [0.25, 0.3) is 5.91 Å². The van der Waals surface area contributed by atoms with E-state index in [1.165, 1.54) is 0 Å². The SMILES string of the molecule is COc1ccc(CCOc2cccc(-c3cccc(C(=O)NCCCN4CCN(C)CC4)c3)n2)cc1OC. The topological polar surface area (TPSA) is 76.2 Å². The van der Waals surface area contributed by atoms with Crippen molar-refractivity contribution in [1.82, 2.24) is 20.1 Å². The number of carbonyl (C=O) groups excluding carboxylic acids is 1. The summed E-state index contributed by atoms with van der Waals surface area (Å²) in [6.07, 6.45) is 1.65. The number of hydrogen-bond donors (Lipinski definition) is 1. The molecule has 1 amide bonds. The fourth-order valence-corrected chi connectivity index (χ4v) is 4.46. The van der Waals surface area contributed by atoms with E-state index in [1.807, 2.05) is 60.7 Å². The quantitative estimate of drug-likeness (QED) is 0.366. The number of methoxy groups -OCH3 is 2. The Morgan fingerprint density at radius 1 is 0.947 bits per heavy atom. The minimum atomic E-state index is -0.0625. The fraction of sp³-hybridized carbons (Fsp3) is 0.400. The minimum Gasteiger partial charge on any atom is -0.493 e. The maximum Gasteiger partial charge on any atom is 0.251 e. The molecule has 1 fully saturated rings. The Morgan fingerprint density at radius 3 is 2.53 bits per heavy atom. The number of amides is 1. The molecule has 0 atom stereocenters. The molecule has 0 radical (unpaired) electrons. The summed E-state index contributed by atoms with van der Waals surface area (Å²) in [7, 11) is 5.41. The van der Waals surface area contributed by atoms with Crippen LogP contribution in [0, 0.1) is 0 Å². The van der Waals surface area contributed by atoms with Crippen molar-refractivity contribution in [1.29, 1.82) is 0 Å². The maximum absolute atomic E-state index is 12.8. The predicted molar refractivity (Wildman–Crippen MR) is 149 cm³/mol. The van der Waals surface area contributed by atoms with E-state index >= 15 is 0 Å². The molecule has 202 valence electrons. The average molecular weight is 519 g/mol. The van der Waals surface area contributed by atoms with Gasteiger partial charge in [-0.1, -0.05) is 24.3 Å². The van der Waals surface area contributed by atoms with Crippen LogP contribution in [-0.2, 0) is 6.42 Å². The van der Waals surface area contributed by atoms with Crippen molar-refractivity contribution in [3.05, 3.63) is 71.8 Å². The zero-order chi connectivity index (χ0) is 26.7. The number of nitrogens with one attached hydrogen (secondary N) is 1. The number of carbonyl (C=O) groups is 1. The lowest BCUT2D eigenvalue weighted by Crippen LogP contribution is -2.45. The first-order valence-electron chi connectivity index (χ1n) is 13.2. The van der Waals surface area contributed by atoms with E-state index in [9.17, 15) is 4.79 Å². The smallest absolute Gasteiger partial charge is 0.251 e. The molecule has 2 heterocycles. The summed E-state index contributed by atoms with van der Waals surface area (Å²) in [6, 6.07) is 19.1. The van der Waals surface area contributed by atoms with Gasteiger partial charge in [-0.05, 0) is 55.9 Å². The van der Waals surface area contributed by atoms with E-state index in [1.54, 1.807) is 14.2 Å². The summed E-state index contributed by atoms with van der Waals surface area (Å²) >= 11 is 0. The van der Waals surface area contributed by atoms with Crippen LogP contribution in [0.15, 0.2) is 60.7 Å². The molecular weight excluding hydrogens is 480 g/mol. The number of nitrogens with zero attached hydrogens (tertiary/aromatic N) is 3. The lowest BCUT2D eigenvalue weighted by molar-refractivity contribution is 0.0949. The van der Waals surface area contributed by atoms with Gasteiger partial charge < -0.3 is 29.3 Å². The molecule has 1 aromatic heterocycles. The Balaban J connectivity index is 1.28. The van der Waals surface area contributed by atoms with Crippen molar-refractivity contribution < 1.29 is 19.0 Å². The summed E-state index contributed by atoms with van der Waals surface area (Å²) in [6.45, 7) is 6.56. The minimum absolute atomic E-state index is 0.0625. The number of hydrogen-bond acceptors (Lipinski definition) is 7. The Morgan fingerprint density at radius 2 is 1.74 bits per heavy atom. The van der Waals surface area contributed by atoms with Crippen molar-refractivity contribution in [3.8, 4) is 28.6 Å². The first kappa shape index (κ1) is 27.4. The molecule has 4 rings (SSSR count). The molecule has 0 bridgehead atoms. The third-order valence-electron chi connectivity index (χ3n) is 6.77. The predicted octanol–water partition coefficient (Wildman–Crippen LogP) is 3.75. The standard InChI is InChI=1S/C30H38N4O4/c1-33-16-18-34(19-17-33)15-6-14-31-30(35)25-8-4-7-24(22-25)26-9-5-10-29(32-26)38-20-13-23-11-12-27(36-2)28(21-23)37-3/h4-5,7-12,21-22H,6,13-20H2,1-3H3,(H,31,35). The Hall–Kier alpha value is -3.62. The molecule has 1 N–H and O–H groups in total. The van der Waals surface area contributed by atoms with Gasteiger partial charge >= 0.3 is 0 Å². The van der Waals surface area contributed by atoms with Crippen LogP contribution in [0.25, 0.3) is 11.3 Å². The van der Waals surface area contributed by atoms with E-state index in [-0.39, 0.29) is 5.91 Å². The van der Waals surface area contributed by atoms with Gasteiger partial charge in [0.15, 0.2) is 11.5 Å². The first-order chi connectivity index (χ1) is 18.6. The van der Waals surface area contributed by atoms with Gasteiger partial charge in [0, 0.05) is 56.3 Å². The lowest BCUT2D eigenvalue weighted by Gasteiger charge is -2.32. The van der Waals surface area contributed by atoms with E-state index in [0.717, 1.165) is 56.0 Å². The van der Waals surface area contributed by atoms with Crippen LogP contribution in [0.5, 0.6) is 17.4 Å². The van der Waals surface area contributed by atoms with Crippen LogP contribution in [0.4, 0.5) is 0 Å². The molecule has 1 saturated heterocycles. The average Bonchev–Trinajstić information content (AvgIpc) is 2.96. The Kier molecular flexibility index (Phi) is 9.95. The molecule has 0 aliphatic carbocycles. The number of ether oxygens (including phenoxy) is 3. The molecule has 3 aromatic rings. The molecule has 8 heteroatoms. The number of rotatable bonds is 12. The highest BCUT2D eigenvalue weighted by Gasteiger charge is 2.13. The summed E-state index contributed by atoms with van der Waals surface area (Å²) in [5.74, 6) is 1.88. The zero-order valence-corrected chi connectivity index (χ0v) is 22.6. The zero-order valence-electron chi connectivity index (χ0n) is 22.6. The highest BCUT2D eigenvalue weighted by atomic mass is 16.5. The Bertz CT molecular complexity index is 1190. The van der Waals surface area contributed by atoms with Crippen LogP contribution in [0.2, 0.25) is 0 Å². The van der Waals surface area contributed by atoms with E-state index in [4.69, 9.17) is 14.2 Å². The van der Waals surface area contributed by atoms with Gasteiger partial charge in [0.05, 0.1) is 26.5 Å². The molecule has 1 aliphatic heterocycles. The van der Waals surface area contributed by atoms with Gasteiger partial charge in [-0.2, -0.15) is 0 Å². The maximum atomic E-state index is 12.8. The van der Waals surface area contributed by atoms with Gasteiger partial charge in [-0.15, -0.1) is 0 Å². The summed E-state index contributed by atoms with van der Waals surface area (Å²) < 4.78 is 16.6. The van der Waals surface area contributed by atoms with E-state index in [2.05, 4.69) is 27.1 Å².